The highest BCUT2D eigenvalue weighted by atomic mass is 15.4. The standard InChI is InChI=1S/C13H25N7/c1-4-10(3)20(5-2)13-16-11(18-14)15-12(17-13)19-8-6-7-9-19/h10H,4-9,14H2,1-3H3,(H,15,16,17,18). The van der Waals surface area contributed by atoms with Gasteiger partial charge >= 0.3 is 0 Å². The summed E-state index contributed by atoms with van der Waals surface area (Å²) in [7, 11) is 0. The molecule has 2 rings (SSSR count). The number of hydrogen-bond acceptors (Lipinski definition) is 7. The molecular weight excluding hydrogens is 254 g/mol. The van der Waals surface area contributed by atoms with Crippen LogP contribution in [0.5, 0.6) is 0 Å². The molecule has 112 valence electrons. The Morgan fingerprint density at radius 3 is 2.50 bits per heavy atom. The van der Waals surface area contributed by atoms with Crippen LogP contribution in [0.1, 0.15) is 40.0 Å². The first-order chi connectivity index (χ1) is 9.69. The molecule has 1 fully saturated rings. The van der Waals surface area contributed by atoms with Gasteiger partial charge in [0.25, 0.3) is 0 Å². The Kier molecular flexibility index (Phi) is 4.94. The molecule has 0 amide bonds. The van der Waals surface area contributed by atoms with Crippen molar-refractivity contribution in [1.82, 2.24) is 15.0 Å². The third-order valence-electron chi connectivity index (χ3n) is 3.85. The van der Waals surface area contributed by atoms with Gasteiger partial charge in [0.05, 0.1) is 0 Å². The van der Waals surface area contributed by atoms with Crippen molar-refractivity contribution in [3.63, 3.8) is 0 Å². The fourth-order valence-electron chi connectivity index (χ4n) is 2.48. The van der Waals surface area contributed by atoms with Gasteiger partial charge in [0.2, 0.25) is 17.8 Å². The third-order valence-corrected chi connectivity index (χ3v) is 3.85. The van der Waals surface area contributed by atoms with Crippen LogP contribution in [0.25, 0.3) is 0 Å². The zero-order chi connectivity index (χ0) is 14.5. The van der Waals surface area contributed by atoms with E-state index in [0.717, 1.165) is 32.0 Å². The average molecular weight is 279 g/mol. The number of aromatic nitrogens is 3. The number of nitrogen functional groups attached to an aromatic ring is 1. The molecule has 2 heterocycles. The van der Waals surface area contributed by atoms with E-state index in [9.17, 15) is 0 Å². The predicted octanol–water partition coefficient (Wildman–Crippen LogP) is 1.38. The van der Waals surface area contributed by atoms with Gasteiger partial charge in [-0.05, 0) is 33.1 Å². The second-order valence-electron chi connectivity index (χ2n) is 5.14. The van der Waals surface area contributed by atoms with Crippen molar-refractivity contribution in [2.45, 2.75) is 46.1 Å². The fourth-order valence-corrected chi connectivity index (χ4v) is 2.48. The van der Waals surface area contributed by atoms with Crippen molar-refractivity contribution in [2.24, 2.45) is 5.84 Å². The summed E-state index contributed by atoms with van der Waals surface area (Å²) in [6, 6.07) is 0.388. The topological polar surface area (TPSA) is 83.2 Å². The third kappa shape index (κ3) is 3.09. The maximum Gasteiger partial charge on any atom is 0.243 e. The van der Waals surface area contributed by atoms with Gasteiger partial charge in [0.15, 0.2) is 0 Å². The lowest BCUT2D eigenvalue weighted by Crippen LogP contribution is -2.35. The molecule has 1 aliphatic rings. The van der Waals surface area contributed by atoms with E-state index in [0.29, 0.717) is 17.9 Å². The van der Waals surface area contributed by atoms with Crippen LogP contribution in [0.3, 0.4) is 0 Å². The molecule has 0 radical (unpaired) electrons. The van der Waals surface area contributed by atoms with Gasteiger partial charge < -0.3 is 9.80 Å². The largest absolute Gasteiger partial charge is 0.341 e. The average Bonchev–Trinajstić information content (AvgIpc) is 3.01. The first-order valence-electron chi connectivity index (χ1n) is 7.43. The maximum atomic E-state index is 5.50. The molecule has 1 aliphatic heterocycles. The van der Waals surface area contributed by atoms with Crippen molar-refractivity contribution in [3.8, 4) is 0 Å². The van der Waals surface area contributed by atoms with Crippen LogP contribution >= 0.6 is 0 Å². The van der Waals surface area contributed by atoms with Crippen molar-refractivity contribution in [3.05, 3.63) is 0 Å². The number of rotatable bonds is 6. The van der Waals surface area contributed by atoms with E-state index >= 15 is 0 Å². The minimum absolute atomic E-state index is 0.388. The Balaban J connectivity index is 2.33. The quantitative estimate of drug-likeness (QED) is 0.601. The lowest BCUT2D eigenvalue weighted by molar-refractivity contribution is 0.613. The number of nitrogens with zero attached hydrogens (tertiary/aromatic N) is 5. The molecule has 0 saturated carbocycles. The number of anilines is 3. The molecule has 0 spiro atoms. The molecular formula is C13H25N7. The summed E-state index contributed by atoms with van der Waals surface area (Å²) in [5.74, 6) is 7.35. The first-order valence-corrected chi connectivity index (χ1v) is 7.43. The molecule has 20 heavy (non-hydrogen) atoms. The predicted molar refractivity (Wildman–Crippen MR) is 81.9 cm³/mol. The van der Waals surface area contributed by atoms with E-state index in [1.54, 1.807) is 0 Å². The van der Waals surface area contributed by atoms with Gasteiger partial charge in [0.1, 0.15) is 0 Å². The molecule has 1 unspecified atom stereocenters. The number of hydrazine groups is 1. The van der Waals surface area contributed by atoms with Crippen LogP contribution in [0.2, 0.25) is 0 Å². The summed E-state index contributed by atoms with van der Waals surface area (Å²) in [6.07, 6.45) is 3.43. The van der Waals surface area contributed by atoms with Crippen LogP contribution in [-0.4, -0.2) is 40.6 Å². The number of nitrogens with two attached hydrogens (primary N) is 1. The van der Waals surface area contributed by atoms with E-state index in [4.69, 9.17) is 5.84 Å². The molecule has 7 heteroatoms. The van der Waals surface area contributed by atoms with Gasteiger partial charge in [0, 0.05) is 25.7 Å². The second-order valence-corrected chi connectivity index (χ2v) is 5.14. The molecule has 0 bridgehead atoms. The van der Waals surface area contributed by atoms with E-state index in [2.05, 4.69) is 50.9 Å². The van der Waals surface area contributed by atoms with Crippen molar-refractivity contribution < 1.29 is 0 Å². The molecule has 1 atom stereocenters. The zero-order valence-corrected chi connectivity index (χ0v) is 12.6. The van der Waals surface area contributed by atoms with Crippen LogP contribution in [0, 0.1) is 0 Å². The molecule has 7 nitrogen and oxygen atoms in total. The molecule has 1 aromatic rings. The molecule has 1 saturated heterocycles. The highest BCUT2D eigenvalue weighted by molar-refractivity contribution is 5.45. The van der Waals surface area contributed by atoms with E-state index in [-0.39, 0.29) is 0 Å². The highest BCUT2D eigenvalue weighted by Crippen LogP contribution is 2.21. The Labute approximate surface area is 120 Å². The monoisotopic (exact) mass is 279 g/mol. The molecule has 0 aliphatic carbocycles. The summed E-state index contributed by atoms with van der Waals surface area (Å²) in [6.45, 7) is 9.33. The molecule has 3 N–H and O–H groups in total. The van der Waals surface area contributed by atoms with Crippen LogP contribution in [0.4, 0.5) is 17.8 Å². The van der Waals surface area contributed by atoms with Gasteiger partial charge in [-0.3, -0.25) is 5.43 Å². The maximum absolute atomic E-state index is 5.50. The van der Waals surface area contributed by atoms with Gasteiger partial charge in [-0.2, -0.15) is 15.0 Å². The zero-order valence-electron chi connectivity index (χ0n) is 12.6. The molecule has 1 aromatic heterocycles. The smallest absolute Gasteiger partial charge is 0.243 e. The SMILES string of the molecule is CCC(C)N(CC)c1nc(NN)nc(N2CCCC2)n1. The summed E-state index contributed by atoms with van der Waals surface area (Å²) in [5.41, 5.74) is 2.55. The molecule has 0 aromatic carbocycles. The Morgan fingerprint density at radius 1 is 1.25 bits per heavy atom. The number of hydrogen-bond donors (Lipinski definition) is 2. The van der Waals surface area contributed by atoms with Crippen LogP contribution in [-0.2, 0) is 0 Å². The number of nitrogens with one attached hydrogen (secondary N) is 1. The Bertz CT molecular complexity index is 431. The lowest BCUT2D eigenvalue weighted by atomic mass is 10.2. The van der Waals surface area contributed by atoms with Crippen LogP contribution < -0.4 is 21.1 Å². The minimum Gasteiger partial charge on any atom is -0.341 e. The van der Waals surface area contributed by atoms with Crippen molar-refractivity contribution >= 4 is 17.8 Å². The summed E-state index contributed by atoms with van der Waals surface area (Å²) >= 11 is 0. The summed E-state index contributed by atoms with van der Waals surface area (Å²) in [4.78, 5) is 17.8. The van der Waals surface area contributed by atoms with E-state index < -0.39 is 0 Å². The highest BCUT2D eigenvalue weighted by Gasteiger charge is 2.20. The van der Waals surface area contributed by atoms with Gasteiger partial charge in [-0.25, -0.2) is 5.84 Å². The summed E-state index contributed by atoms with van der Waals surface area (Å²) in [5, 5.41) is 0. The van der Waals surface area contributed by atoms with Crippen LogP contribution in [0.15, 0.2) is 0 Å². The Hall–Kier alpha value is -1.63. The Morgan fingerprint density at radius 2 is 1.95 bits per heavy atom. The second kappa shape index (κ2) is 6.69. The van der Waals surface area contributed by atoms with Crippen molar-refractivity contribution in [1.29, 1.82) is 0 Å². The lowest BCUT2D eigenvalue weighted by Gasteiger charge is -2.28. The van der Waals surface area contributed by atoms with E-state index in [1.165, 1.54) is 12.8 Å². The van der Waals surface area contributed by atoms with Gasteiger partial charge in [-0.1, -0.05) is 6.92 Å². The minimum atomic E-state index is 0.388. The van der Waals surface area contributed by atoms with E-state index in [1.807, 2.05) is 0 Å². The van der Waals surface area contributed by atoms with Crippen molar-refractivity contribution in [2.75, 3.05) is 34.9 Å². The fraction of sp³-hybridized carbons (Fsp3) is 0.769. The normalized spacial score (nSPS) is 16.3. The van der Waals surface area contributed by atoms with Gasteiger partial charge in [-0.15, -0.1) is 0 Å². The summed E-state index contributed by atoms with van der Waals surface area (Å²) < 4.78 is 0. The first kappa shape index (κ1) is 14.8.